The highest BCUT2D eigenvalue weighted by molar-refractivity contribution is 6.07. The monoisotopic (exact) mass is 413 g/mol. The van der Waals surface area contributed by atoms with Crippen molar-refractivity contribution in [3.8, 4) is 0 Å². The molecule has 1 spiro atoms. The summed E-state index contributed by atoms with van der Waals surface area (Å²) in [5.74, 6) is -0.314. The topological polar surface area (TPSA) is 61.9 Å². The number of nitrogens with one attached hydrogen (secondary N) is 1. The summed E-state index contributed by atoms with van der Waals surface area (Å²) in [7, 11) is 0. The van der Waals surface area contributed by atoms with Crippen LogP contribution in [0.2, 0.25) is 0 Å². The molecule has 3 aliphatic rings. The van der Waals surface area contributed by atoms with Crippen LogP contribution in [-0.4, -0.2) is 59.8 Å². The predicted molar refractivity (Wildman–Crippen MR) is 101 cm³/mol. The lowest BCUT2D eigenvalue weighted by atomic mass is 9.86. The molecule has 0 aromatic heterocycles. The Labute approximate surface area is 168 Å². The van der Waals surface area contributed by atoms with Crippen molar-refractivity contribution in [2.45, 2.75) is 45.0 Å². The van der Waals surface area contributed by atoms with E-state index < -0.39 is 11.9 Å². The van der Waals surface area contributed by atoms with Gasteiger partial charge in [0.2, 0.25) is 0 Å². The van der Waals surface area contributed by atoms with Gasteiger partial charge in [0.15, 0.2) is 0 Å². The van der Waals surface area contributed by atoms with E-state index in [0.717, 1.165) is 0 Å². The molecule has 0 unspecified atom stereocenters. The average Bonchev–Trinajstić information content (AvgIpc) is 2.80. The van der Waals surface area contributed by atoms with Crippen LogP contribution in [0.4, 0.5) is 18.0 Å². The van der Waals surface area contributed by atoms with E-state index in [1.54, 1.807) is 11.0 Å². The third-order valence-electron chi connectivity index (χ3n) is 5.34. The van der Waals surface area contributed by atoms with Gasteiger partial charge in [-0.15, -0.1) is 13.2 Å². The van der Waals surface area contributed by atoms with E-state index >= 15 is 0 Å². The first kappa shape index (κ1) is 21.4. The van der Waals surface area contributed by atoms with E-state index in [1.807, 2.05) is 13.8 Å². The first-order chi connectivity index (χ1) is 13.6. The lowest BCUT2D eigenvalue weighted by Gasteiger charge is -2.38. The Morgan fingerprint density at radius 1 is 1.17 bits per heavy atom. The van der Waals surface area contributed by atoms with Crippen LogP contribution in [0.25, 0.3) is 0 Å². The fourth-order valence-electron chi connectivity index (χ4n) is 4.01. The molecular formula is C20H26F3N3O3. The molecule has 0 saturated carbocycles. The van der Waals surface area contributed by atoms with Gasteiger partial charge < -0.3 is 15.0 Å². The molecule has 0 aromatic rings. The van der Waals surface area contributed by atoms with Crippen molar-refractivity contribution in [1.29, 1.82) is 0 Å². The Bertz CT molecular complexity index is 750. The third-order valence-corrected chi connectivity index (χ3v) is 5.34. The van der Waals surface area contributed by atoms with Gasteiger partial charge >= 0.3 is 12.4 Å². The maximum atomic E-state index is 13.2. The van der Waals surface area contributed by atoms with Gasteiger partial charge in [0.1, 0.15) is 11.3 Å². The molecule has 160 valence electrons. The molecule has 3 amide bonds. The summed E-state index contributed by atoms with van der Waals surface area (Å²) in [5.41, 5.74) is -0.218. The van der Waals surface area contributed by atoms with Crippen LogP contribution in [0.1, 0.15) is 33.1 Å². The molecule has 2 heterocycles. The maximum absolute atomic E-state index is 13.2. The van der Waals surface area contributed by atoms with Crippen molar-refractivity contribution in [2.24, 2.45) is 5.92 Å². The minimum Gasteiger partial charge on any atom is -0.406 e. The minimum absolute atomic E-state index is 0.143. The van der Waals surface area contributed by atoms with Gasteiger partial charge in [0.05, 0.1) is 0 Å². The first-order valence-corrected chi connectivity index (χ1v) is 9.80. The highest BCUT2D eigenvalue weighted by Gasteiger charge is 2.57. The lowest BCUT2D eigenvalue weighted by molar-refractivity contribution is -0.303. The second-order valence-electron chi connectivity index (χ2n) is 7.96. The number of carbonyl (C=O) groups excluding carboxylic acids is 2. The number of allylic oxidation sites excluding steroid dienone is 3. The molecule has 2 saturated heterocycles. The van der Waals surface area contributed by atoms with E-state index in [-0.39, 0.29) is 36.6 Å². The molecule has 9 heteroatoms. The van der Waals surface area contributed by atoms with Crippen LogP contribution in [0.3, 0.4) is 0 Å². The summed E-state index contributed by atoms with van der Waals surface area (Å²) in [6.07, 6.45) is 2.37. The number of alkyl halides is 3. The molecule has 0 atom stereocenters. The van der Waals surface area contributed by atoms with E-state index in [9.17, 15) is 22.8 Å². The summed E-state index contributed by atoms with van der Waals surface area (Å²) >= 11 is 0. The molecule has 2 aliphatic heterocycles. The van der Waals surface area contributed by atoms with Crippen LogP contribution in [-0.2, 0) is 9.53 Å². The lowest BCUT2D eigenvalue weighted by Crippen LogP contribution is -2.56. The number of hydrogen-bond acceptors (Lipinski definition) is 4. The van der Waals surface area contributed by atoms with Gasteiger partial charge in [0, 0.05) is 13.1 Å². The fourth-order valence-corrected chi connectivity index (χ4v) is 4.01. The maximum Gasteiger partial charge on any atom is 0.573 e. The molecule has 1 N–H and O–H groups in total. The van der Waals surface area contributed by atoms with Gasteiger partial charge in [-0.25, -0.2) is 4.79 Å². The third kappa shape index (κ3) is 4.66. The van der Waals surface area contributed by atoms with Gasteiger partial charge in [0.25, 0.3) is 5.91 Å². The Balaban J connectivity index is 1.81. The van der Waals surface area contributed by atoms with Crippen LogP contribution in [0, 0.1) is 5.92 Å². The van der Waals surface area contributed by atoms with Gasteiger partial charge in [-0.3, -0.25) is 9.69 Å². The zero-order valence-electron chi connectivity index (χ0n) is 16.6. The SMILES string of the molecule is CC(C)CN1C(=O)N(CC2=CCC=C(OC(F)(F)F)C=C2)C2(CCNCC2)C1=O. The number of halogens is 3. The molecule has 0 aromatic carbocycles. The van der Waals surface area contributed by atoms with Crippen LogP contribution in [0.15, 0.2) is 35.6 Å². The molecule has 0 bridgehead atoms. The number of ether oxygens (including phenoxy) is 1. The zero-order valence-corrected chi connectivity index (χ0v) is 16.6. The zero-order chi connectivity index (χ0) is 21.2. The highest BCUT2D eigenvalue weighted by atomic mass is 19.4. The Hall–Kier alpha value is -2.29. The summed E-state index contributed by atoms with van der Waals surface area (Å²) in [6.45, 7) is 5.67. The van der Waals surface area contributed by atoms with Gasteiger partial charge in [-0.05, 0) is 56.0 Å². The number of amides is 3. The number of hydrogen-bond donors (Lipinski definition) is 1. The van der Waals surface area contributed by atoms with Gasteiger partial charge in [-0.2, -0.15) is 0 Å². The molecule has 2 fully saturated rings. The molecule has 29 heavy (non-hydrogen) atoms. The highest BCUT2D eigenvalue weighted by Crippen LogP contribution is 2.37. The average molecular weight is 413 g/mol. The normalized spacial score (nSPS) is 22.3. The summed E-state index contributed by atoms with van der Waals surface area (Å²) in [5, 5.41) is 3.22. The molecule has 0 radical (unpaired) electrons. The van der Waals surface area contributed by atoms with Crippen molar-refractivity contribution < 1.29 is 27.5 Å². The second-order valence-corrected chi connectivity index (χ2v) is 7.96. The standard InChI is InChI=1S/C20H26F3N3O3/c1-14(2)12-25-17(27)19(8-10-24-11-9-19)26(18(25)28)13-15-4-3-5-16(7-6-15)29-20(21,22)23/h4-7,14,24H,3,8-13H2,1-2H3. The van der Waals surface area contributed by atoms with Crippen molar-refractivity contribution in [2.75, 3.05) is 26.2 Å². The van der Waals surface area contributed by atoms with Crippen LogP contribution in [0.5, 0.6) is 0 Å². The number of imide groups is 1. The predicted octanol–water partition coefficient (Wildman–Crippen LogP) is 3.34. The van der Waals surface area contributed by atoms with Crippen LogP contribution >= 0.6 is 0 Å². The smallest absolute Gasteiger partial charge is 0.406 e. The number of rotatable bonds is 5. The van der Waals surface area contributed by atoms with Gasteiger partial charge in [-0.1, -0.05) is 26.0 Å². The molecule has 3 rings (SSSR count). The Morgan fingerprint density at radius 3 is 2.48 bits per heavy atom. The van der Waals surface area contributed by atoms with Crippen LogP contribution < -0.4 is 5.32 Å². The van der Waals surface area contributed by atoms with Crippen molar-refractivity contribution in [3.63, 3.8) is 0 Å². The summed E-state index contributed by atoms with van der Waals surface area (Å²) in [4.78, 5) is 29.2. The summed E-state index contributed by atoms with van der Waals surface area (Å²) in [6, 6.07) is -0.330. The van der Waals surface area contributed by atoms with E-state index in [4.69, 9.17) is 0 Å². The van der Waals surface area contributed by atoms with E-state index in [1.165, 1.54) is 23.1 Å². The van der Waals surface area contributed by atoms with E-state index in [2.05, 4.69) is 10.1 Å². The largest absolute Gasteiger partial charge is 0.573 e. The molecule has 6 nitrogen and oxygen atoms in total. The second kappa shape index (κ2) is 8.22. The van der Waals surface area contributed by atoms with E-state index in [0.29, 0.717) is 38.0 Å². The number of carbonyl (C=O) groups is 2. The van der Waals surface area contributed by atoms with Crippen molar-refractivity contribution >= 4 is 11.9 Å². The fraction of sp³-hybridized carbons (Fsp3) is 0.600. The quantitative estimate of drug-likeness (QED) is 0.703. The number of piperidine rings is 1. The van der Waals surface area contributed by atoms with Crippen molar-refractivity contribution in [1.82, 2.24) is 15.1 Å². The number of nitrogens with zero attached hydrogens (tertiary/aromatic N) is 2. The first-order valence-electron chi connectivity index (χ1n) is 9.80. The summed E-state index contributed by atoms with van der Waals surface area (Å²) < 4.78 is 41.4. The Morgan fingerprint density at radius 2 is 1.86 bits per heavy atom. The molecule has 1 aliphatic carbocycles. The number of urea groups is 1. The Kier molecular flexibility index (Phi) is 6.07. The van der Waals surface area contributed by atoms with Crippen molar-refractivity contribution in [3.05, 3.63) is 35.6 Å². The molecular weight excluding hydrogens is 387 g/mol. The minimum atomic E-state index is -4.76.